The number of rotatable bonds is 14. The Morgan fingerprint density at radius 2 is 1.30 bits per heavy atom. The highest BCUT2D eigenvalue weighted by Gasteiger charge is 2.13. The SMILES string of the molecule is CCCCCCCCCCCC(=O)[O-].CC[N+](C)(CC)CCO. The summed E-state index contributed by atoms with van der Waals surface area (Å²) in [6.45, 7) is 9.93. The molecule has 0 spiro atoms. The Morgan fingerprint density at radius 1 is 0.870 bits per heavy atom. The summed E-state index contributed by atoms with van der Waals surface area (Å²) < 4.78 is 0.983. The molecule has 0 heterocycles. The van der Waals surface area contributed by atoms with Crippen molar-refractivity contribution >= 4 is 5.97 Å². The molecule has 0 aliphatic heterocycles. The smallest absolute Gasteiger partial charge is 0.102 e. The summed E-state index contributed by atoms with van der Waals surface area (Å²) in [5.74, 6) is -0.909. The lowest BCUT2D eigenvalue weighted by molar-refractivity contribution is -0.906. The Balaban J connectivity index is 0. The first-order valence-corrected chi connectivity index (χ1v) is 9.60. The topological polar surface area (TPSA) is 60.4 Å². The molecule has 0 bridgehead atoms. The highest BCUT2D eigenvalue weighted by Crippen LogP contribution is 2.10. The first-order valence-electron chi connectivity index (χ1n) is 9.60. The van der Waals surface area contributed by atoms with Gasteiger partial charge < -0.3 is 19.5 Å². The van der Waals surface area contributed by atoms with Gasteiger partial charge in [-0.15, -0.1) is 0 Å². The van der Waals surface area contributed by atoms with Crippen LogP contribution in [0.15, 0.2) is 0 Å². The Labute approximate surface area is 144 Å². The van der Waals surface area contributed by atoms with Gasteiger partial charge in [-0.3, -0.25) is 0 Å². The van der Waals surface area contributed by atoms with Crippen LogP contribution < -0.4 is 5.11 Å². The molecule has 23 heavy (non-hydrogen) atoms. The van der Waals surface area contributed by atoms with Gasteiger partial charge in [-0.25, -0.2) is 0 Å². The minimum atomic E-state index is -0.909. The van der Waals surface area contributed by atoms with Crippen LogP contribution in [0, 0.1) is 0 Å². The molecule has 0 rings (SSSR count). The molecule has 0 atom stereocenters. The number of carboxylic acid groups (broad SMARTS) is 1. The zero-order valence-corrected chi connectivity index (χ0v) is 16.1. The molecule has 140 valence electrons. The van der Waals surface area contributed by atoms with Crippen molar-refractivity contribution in [2.45, 2.75) is 85.0 Å². The third-order valence-electron chi connectivity index (χ3n) is 4.65. The van der Waals surface area contributed by atoms with E-state index in [1.165, 1.54) is 44.9 Å². The van der Waals surface area contributed by atoms with Gasteiger partial charge in [0.05, 0.1) is 26.7 Å². The Kier molecular flexibility index (Phi) is 19.0. The van der Waals surface area contributed by atoms with Crippen molar-refractivity contribution in [1.29, 1.82) is 0 Å². The average Bonchev–Trinajstić information content (AvgIpc) is 2.54. The highest BCUT2D eigenvalue weighted by atomic mass is 16.4. The van der Waals surface area contributed by atoms with Crippen LogP contribution in [0.5, 0.6) is 0 Å². The largest absolute Gasteiger partial charge is 0.550 e. The van der Waals surface area contributed by atoms with Gasteiger partial charge in [0.1, 0.15) is 6.54 Å². The van der Waals surface area contributed by atoms with E-state index in [2.05, 4.69) is 27.8 Å². The Bertz CT molecular complexity index is 253. The fraction of sp³-hybridized carbons (Fsp3) is 0.947. The maximum absolute atomic E-state index is 10.1. The van der Waals surface area contributed by atoms with Crippen LogP contribution in [0.3, 0.4) is 0 Å². The van der Waals surface area contributed by atoms with Crippen molar-refractivity contribution in [2.24, 2.45) is 0 Å². The zero-order chi connectivity index (χ0) is 18.0. The van der Waals surface area contributed by atoms with Crippen molar-refractivity contribution in [3.05, 3.63) is 0 Å². The van der Waals surface area contributed by atoms with Crippen LogP contribution in [0.2, 0.25) is 0 Å². The van der Waals surface area contributed by atoms with Crippen LogP contribution in [0.1, 0.15) is 85.0 Å². The van der Waals surface area contributed by atoms with E-state index in [0.29, 0.717) is 6.61 Å². The molecule has 0 radical (unpaired) electrons. The van der Waals surface area contributed by atoms with E-state index < -0.39 is 5.97 Å². The minimum absolute atomic E-state index is 0.232. The molecule has 4 nitrogen and oxygen atoms in total. The van der Waals surface area contributed by atoms with E-state index >= 15 is 0 Å². The molecule has 0 unspecified atom stereocenters. The molecular formula is C19H41NO3. The van der Waals surface area contributed by atoms with Crippen molar-refractivity contribution in [1.82, 2.24) is 0 Å². The number of aliphatic hydroxyl groups excluding tert-OH is 1. The summed E-state index contributed by atoms with van der Waals surface area (Å²) >= 11 is 0. The molecule has 0 aliphatic rings. The fourth-order valence-corrected chi connectivity index (χ4v) is 2.36. The Morgan fingerprint density at radius 3 is 1.61 bits per heavy atom. The number of aliphatic hydroxyl groups is 1. The number of likely N-dealkylation sites (N-methyl/N-ethyl adjacent to an activating group) is 1. The second kappa shape index (κ2) is 17.7. The lowest BCUT2D eigenvalue weighted by Gasteiger charge is -2.31. The predicted molar refractivity (Wildman–Crippen MR) is 96.1 cm³/mol. The maximum atomic E-state index is 10.1. The lowest BCUT2D eigenvalue weighted by atomic mass is 10.1. The molecule has 0 aromatic heterocycles. The van der Waals surface area contributed by atoms with Crippen LogP contribution in [0.4, 0.5) is 0 Å². The number of aliphatic carboxylic acids is 1. The van der Waals surface area contributed by atoms with Gasteiger partial charge in [-0.05, 0) is 26.7 Å². The first-order chi connectivity index (χ1) is 11.0. The third-order valence-corrected chi connectivity index (χ3v) is 4.65. The van der Waals surface area contributed by atoms with Gasteiger partial charge in [0.2, 0.25) is 0 Å². The van der Waals surface area contributed by atoms with E-state index in [0.717, 1.165) is 37.0 Å². The number of carboxylic acids is 1. The molecule has 0 amide bonds. The van der Waals surface area contributed by atoms with Gasteiger partial charge >= 0.3 is 0 Å². The number of unbranched alkanes of at least 4 members (excludes halogenated alkanes) is 8. The van der Waals surface area contributed by atoms with Gasteiger partial charge in [-0.2, -0.15) is 0 Å². The van der Waals surface area contributed by atoms with Gasteiger partial charge in [0, 0.05) is 5.97 Å². The Hall–Kier alpha value is -0.610. The molecule has 0 fully saturated rings. The summed E-state index contributed by atoms with van der Waals surface area (Å²) in [6, 6.07) is 0. The van der Waals surface area contributed by atoms with Crippen LogP contribution in [0.25, 0.3) is 0 Å². The maximum Gasteiger partial charge on any atom is 0.102 e. The van der Waals surface area contributed by atoms with E-state index in [-0.39, 0.29) is 6.42 Å². The highest BCUT2D eigenvalue weighted by molar-refractivity contribution is 5.63. The average molecular weight is 332 g/mol. The van der Waals surface area contributed by atoms with Gasteiger partial charge in [0.15, 0.2) is 0 Å². The van der Waals surface area contributed by atoms with E-state index in [4.69, 9.17) is 5.11 Å². The minimum Gasteiger partial charge on any atom is -0.550 e. The quantitative estimate of drug-likeness (QED) is 0.393. The third kappa shape index (κ3) is 19.3. The lowest BCUT2D eigenvalue weighted by Crippen LogP contribution is -2.45. The molecule has 0 aliphatic carbocycles. The first kappa shape index (κ1) is 24.6. The second-order valence-electron chi connectivity index (χ2n) is 6.65. The predicted octanol–water partition coefficient (Wildman–Crippen LogP) is 3.12. The summed E-state index contributed by atoms with van der Waals surface area (Å²) in [6.07, 6.45) is 11.2. The monoisotopic (exact) mass is 331 g/mol. The summed E-state index contributed by atoms with van der Waals surface area (Å²) in [7, 11) is 2.16. The molecule has 1 N–H and O–H groups in total. The number of hydrogen-bond acceptors (Lipinski definition) is 3. The van der Waals surface area contributed by atoms with Crippen LogP contribution in [-0.2, 0) is 4.79 Å². The van der Waals surface area contributed by atoms with Crippen molar-refractivity contribution in [3.8, 4) is 0 Å². The van der Waals surface area contributed by atoms with Gasteiger partial charge in [-0.1, -0.05) is 58.3 Å². The number of hydrogen-bond donors (Lipinski definition) is 1. The standard InChI is InChI=1S/C12H24O2.C7H18NO/c1-2-3-4-5-6-7-8-9-10-11-12(13)14;1-4-8(3,5-2)6-7-9/h2-11H2,1H3,(H,13,14);9H,4-7H2,1-3H3/q;+1/p-1. The molecule has 0 aromatic carbocycles. The molecule has 4 heteroatoms. The van der Waals surface area contributed by atoms with Crippen LogP contribution >= 0.6 is 0 Å². The zero-order valence-electron chi connectivity index (χ0n) is 16.1. The van der Waals surface area contributed by atoms with Crippen molar-refractivity contribution in [2.75, 3.05) is 33.3 Å². The summed E-state index contributed by atoms with van der Waals surface area (Å²) in [5.41, 5.74) is 0. The summed E-state index contributed by atoms with van der Waals surface area (Å²) in [5, 5.41) is 18.7. The normalized spacial score (nSPS) is 11.0. The molecule has 0 saturated heterocycles. The van der Waals surface area contributed by atoms with Crippen molar-refractivity contribution < 1.29 is 19.5 Å². The fourth-order valence-electron chi connectivity index (χ4n) is 2.36. The number of nitrogens with zero attached hydrogens (tertiary/aromatic N) is 1. The number of quaternary nitrogens is 1. The van der Waals surface area contributed by atoms with E-state index in [9.17, 15) is 9.90 Å². The summed E-state index contributed by atoms with van der Waals surface area (Å²) in [4.78, 5) is 10.1. The van der Waals surface area contributed by atoms with E-state index in [1.807, 2.05) is 0 Å². The molecule has 0 saturated carbocycles. The second-order valence-corrected chi connectivity index (χ2v) is 6.65. The molecule has 0 aromatic rings. The number of carbonyl (C=O) groups excluding carboxylic acids is 1. The van der Waals surface area contributed by atoms with Crippen LogP contribution in [-0.4, -0.2) is 48.8 Å². The van der Waals surface area contributed by atoms with E-state index in [1.54, 1.807) is 0 Å². The van der Waals surface area contributed by atoms with Crippen molar-refractivity contribution in [3.63, 3.8) is 0 Å². The number of carbonyl (C=O) groups is 1. The van der Waals surface area contributed by atoms with Gasteiger partial charge in [0.25, 0.3) is 0 Å². The molecular weight excluding hydrogens is 290 g/mol.